The standard InChI is InChI=1S/C14H14BrFN2/c1-9-2-4-10(5-3-9)14(18-17)11-6-7-12(15)13(16)8-11/h2-8,14,18H,17H2,1H3. The van der Waals surface area contributed by atoms with E-state index < -0.39 is 0 Å². The van der Waals surface area contributed by atoms with Gasteiger partial charge in [-0.2, -0.15) is 0 Å². The van der Waals surface area contributed by atoms with Crippen LogP contribution in [0.3, 0.4) is 0 Å². The Morgan fingerprint density at radius 2 is 1.72 bits per heavy atom. The summed E-state index contributed by atoms with van der Waals surface area (Å²) in [5, 5.41) is 0. The van der Waals surface area contributed by atoms with Gasteiger partial charge in [0.2, 0.25) is 0 Å². The van der Waals surface area contributed by atoms with Crippen molar-refractivity contribution < 1.29 is 4.39 Å². The molecule has 3 N–H and O–H groups in total. The minimum Gasteiger partial charge on any atom is -0.271 e. The minimum absolute atomic E-state index is 0.215. The monoisotopic (exact) mass is 308 g/mol. The number of benzene rings is 2. The third-order valence-corrected chi connectivity index (χ3v) is 3.50. The number of hydrogen-bond donors (Lipinski definition) is 2. The summed E-state index contributed by atoms with van der Waals surface area (Å²) in [4.78, 5) is 0. The highest BCUT2D eigenvalue weighted by molar-refractivity contribution is 9.10. The lowest BCUT2D eigenvalue weighted by atomic mass is 9.98. The lowest BCUT2D eigenvalue weighted by Crippen LogP contribution is -2.28. The zero-order chi connectivity index (χ0) is 13.1. The van der Waals surface area contributed by atoms with E-state index in [0.29, 0.717) is 4.47 Å². The molecule has 1 atom stereocenters. The summed E-state index contributed by atoms with van der Waals surface area (Å²) in [5.74, 6) is 5.29. The second-order valence-corrected chi connectivity index (χ2v) is 5.04. The first kappa shape index (κ1) is 13.2. The summed E-state index contributed by atoms with van der Waals surface area (Å²) in [5.41, 5.74) is 5.69. The van der Waals surface area contributed by atoms with E-state index in [9.17, 15) is 4.39 Å². The Morgan fingerprint density at radius 3 is 2.28 bits per heavy atom. The van der Waals surface area contributed by atoms with Crippen LogP contribution in [0.1, 0.15) is 22.7 Å². The summed E-state index contributed by atoms with van der Waals surface area (Å²) in [7, 11) is 0. The van der Waals surface area contributed by atoms with Crippen LogP contribution in [0.15, 0.2) is 46.9 Å². The van der Waals surface area contributed by atoms with Crippen LogP contribution in [0.2, 0.25) is 0 Å². The maximum absolute atomic E-state index is 13.5. The Balaban J connectivity index is 2.38. The molecule has 4 heteroatoms. The molecule has 2 aromatic carbocycles. The van der Waals surface area contributed by atoms with Gasteiger partial charge < -0.3 is 0 Å². The van der Waals surface area contributed by atoms with Gasteiger partial charge in [-0.05, 0) is 46.1 Å². The van der Waals surface area contributed by atoms with E-state index in [1.54, 1.807) is 6.07 Å². The van der Waals surface area contributed by atoms with Crippen LogP contribution in [0.5, 0.6) is 0 Å². The molecule has 0 heterocycles. The van der Waals surface area contributed by atoms with Crippen molar-refractivity contribution in [2.24, 2.45) is 5.84 Å². The molecule has 94 valence electrons. The van der Waals surface area contributed by atoms with Gasteiger partial charge in [0.1, 0.15) is 5.82 Å². The Kier molecular flexibility index (Phi) is 4.11. The molecular formula is C14H14BrFN2. The first-order valence-electron chi connectivity index (χ1n) is 5.59. The lowest BCUT2D eigenvalue weighted by molar-refractivity contribution is 0.600. The maximum atomic E-state index is 13.5. The first-order valence-corrected chi connectivity index (χ1v) is 6.39. The molecule has 0 fully saturated rings. The second kappa shape index (κ2) is 5.61. The average Bonchev–Trinajstić information content (AvgIpc) is 2.37. The number of halogens is 2. The highest BCUT2D eigenvalue weighted by atomic mass is 79.9. The molecule has 0 aliphatic carbocycles. The van der Waals surface area contributed by atoms with Gasteiger partial charge in [-0.15, -0.1) is 0 Å². The highest BCUT2D eigenvalue weighted by Gasteiger charge is 2.13. The molecule has 0 spiro atoms. The average molecular weight is 309 g/mol. The molecule has 0 aromatic heterocycles. The third kappa shape index (κ3) is 2.77. The molecule has 0 bridgehead atoms. The van der Waals surface area contributed by atoms with Crippen LogP contribution >= 0.6 is 15.9 Å². The van der Waals surface area contributed by atoms with E-state index in [1.165, 1.54) is 11.6 Å². The summed E-state index contributed by atoms with van der Waals surface area (Å²) >= 11 is 3.14. The molecule has 0 saturated heterocycles. The van der Waals surface area contributed by atoms with Crippen LogP contribution in [0.4, 0.5) is 4.39 Å². The van der Waals surface area contributed by atoms with E-state index in [4.69, 9.17) is 5.84 Å². The van der Waals surface area contributed by atoms with E-state index >= 15 is 0 Å². The molecule has 0 radical (unpaired) electrons. The zero-order valence-electron chi connectivity index (χ0n) is 9.95. The molecule has 2 rings (SSSR count). The number of hydrogen-bond acceptors (Lipinski definition) is 2. The van der Waals surface area contributed by atoms with Crippen molar-refractivity contribution in [1.82, 2.24) is 5.43 Å². The van der Waals surface area contributed by atoms with Gasteiger partial charge in [0.25, 0.3) is 0 Å². The Labute approximate surface area is 114 Å². The van der Waals surface area contributed by atoms with Crippen LogP contribution in [-0.2, 0) is 0 Å². The van der Waals surface area contributed by atoms with Crippen molar-refractivity contribution in [1.29, 1.82) is 0 Å². The first-order chi connectivity index (χ1) is 8.61. The maximum Gasteiger partial charge on any atom is 0.137 e. The topological polar surface area (TPSA) is 38.0 Å². The van der Waals surface area contributed by atoms with Crippen LogP contribution in [0, 0.1) is 12.7 Å². The van der Waals surface area contributed by atoms with Crippen molar-refractivity contribution in [2.45, 2.75) is 13.0 Å². The molecular weight excluding hydrogens is 295 g/mol. The smallest absolute Gasteiger partial charge is 0.137 e. The molecule has 2 nitrogen and oxygen atoms in total. The summed E-state index contributed by atoms with van der Waals surface area (Å²) in [6.07, 6.45) is 0. The van der Waals surface area contributed by atoms with Crippen LogP contribution in [-0.4, -0.2) is 0 Å². The number of hydrazine groups is 1. The summed E-state index contributed by atoms with van der Waals surface area (Å²) in [6, 6.07) is 12.8. The Morgan fingerprint density at radius 1 is 1.11 bits per heavy atom. The van der Waals surface area contributed by atoms with Crippen molar-refractivity contribution in [3.8, 4) is 0 Å². The molecule has 0 saturated carbocycles. The number of nitrogens with one attached hydrogen (secondary N) is 1. The number of nitrogens with two attached hydrogens (primary N) is 1. The minimum atomic E-state index is -0.292. The lowest BCUT2D eigenvalue weighted by Gasteiger charge is -2.17. The molecule has 2 aromatic rings. The highest BCUT2D eigenvalue weighted by Crippen LogP contribution is 2.25. The van der Waals surface area contributed by atoms with E-state index in [-0.39, 0.29) is 11.9 Å². The number of rotatable bonds is 3. The molecule has 1 unspecified atom stereocenters. The van der Waals surface area contributed by atoms with Crippen molar-refractivity contribution in [3.05, 3.63) is 69.4 Å². The quantitative estimate of drug-likeness (QED) is 0.673. The van der Waals surface area contributed by atoms with Gasteiger partial charge in [0, 0.05) is 0 Å². The predicted molar refractivity (Wildman–Crippen MR) is 74.4 cm³/mol. The fourth-order valence-electron chi connectivity index (χ4n) is 1.84. The molecule has 0 aliphatic heterocycles. The van der Waals surface area contributed by atoms with Crippen molar-refractivity contribution in [2.75, 3.05) is 0 Å². The zero-order valence-corrected chi connectivity index (χ0v) is 11.5. The van der Waals surface area contributed by atoms with Crippen LogP contribution < -0.4 is 11.3 Å². The fraction of sp³-hybridized carbons (Fsp3) is 0.143. The van der Waals surface area contributed by atoms with Crippen molar-refractivity contribution >= 4 is 15.9 Å². The molecule has 0 aliphatic rings. The summed E-state index contributed by atoms with van der Waals surface area (Å²) in [6.45, 7) is 2.02. The normalized spacial score (nSPS) is 12.4. The Hall–Kier alpha value is -1.23. The second-order valence-electron chi connectivity index (χ2n) is 4.18. The van der Waals surface area contributed by atoms with Gasteiger partial charge in [-0.3, -0.25) is 5.84 Å². The summed E-state index contributed by atoms with van der Waals surface area (Å²) < 4.78 is 14.0. The van der Waals surface area contributed by atoms with Gasteiger partial charge in [-0.1, -0.05) is 35.9 Å². The predicted octanol–water partition coefficient (Wildman–Crippen LogP) is 3.45. The largest absolute Gasteiger partial charge is 0.271 e. The van der Waals surface area contributed by atoms with E-state index in [0.717, 1.165) is 11.1 Å². The Bertz CT molecular complexity index is 540. The van der Waals surface area contributed by atoms with Crippen molar-refractivity contribution in [3.63, 3.8) is 0 Å². The third-order valence-electron chi connectivity index (χ3n) is 2.85. The van der Waals surface area contributed by atoms with Gasteiger partial charge in [0.15, 0.2) is 0 Å². The van der Waals surface area contributed by atoms with E-state index in [1.807, 2.05) is 37.3 Å². The van der Waals surface area contributed by atoms with Gasteiger partial charge in [-0.25, -0.2) is 9.82 Å². The molecule has 18 heavy (non-hydrogen) atoms. The van der Waals surface area contributed by atoms with Gasteiger partial charge in [0.05, 0.1) is 10.5 Å². The number of aryl methyl sites for hydroxylation is 1. The molecule has 0 amide bonds. The SMILES string of the molecule is Cc1ccc(C(NN)c2ccc(Br)c(F)c2)cc1. The van der Waals surface area contributed by atoms with E-state index in [2.05, 4.69) is 21.4 Å². The fourth-order valence-corrected chi connectivity index (χ4v) is 2.08. The van der Waals surface area contributed by atoms with Gasteiger partial charge >= 0.3 is 0 Å². The van der Waals surface area contributed by atoms with Crippen LogP contribution in [0.25, 0.3) is 0 Å².